The lowest BCUT2D eigenvalue weighted by Gasteiger charge is -2.15. The Bertz CT molecular complexity index is 595. The third kappa shape index (κ3) is 3.08. The molecule has 0 atom stereocenters. The summed E-state index contributed by atoms with van der Waals surface area (Å²) in [5.41, 5.74) is 2.88. The van der Waals surface area contributed by atoms with Gasteiger partial charge in [0.2, 0.25) is 5.69 Å². The van der Waals surface area contributed by atoms with Gasteiger partial charge in [-0.15, -0.1) is 0 Å². The predicted molar refractivity (Wildman–Crippen MR) is 78.4 cm³/mol. The van der Waals surface area contributed by atoms with Gasteiger partial charge in [-0.3, -0.25) is 0 Å². The van der Waals surface area contributed by atoms with Gasteiger partial charge in [0.1, 0.15) is 0 Å². The summed E-state index contributed by atoms with van der Waals surface area (Å²) in [7, 11) is 3.87. The number of aromatic hydroxyl groups is 1. The number of benzene rings is 1. The zero-order chi connectivity index (χ0) is 14.7. The lowest BCUT2D eigenvalue weighted by molar-refractivity contribution is -0.620. The molecule has 4 heteroatoms. The third-order valence-electron chi connectivity index (χ3n) is 3.27. The molecule has 2 aromatic rings. The number of rotatable bonds is 4. The van der Waals surface area contributed by atoms with Gasteiger partial charge in [-0.1, -0.05) is 30.3 Å². The largest absolute Gasteiger partial charge is 0.618 e. The Morgan fingerprint density at radius 2 is 1.85 bits per heavy atom. The zero-order valence-corrected chi connectivity index (χ0v) is 12.1. The smallest absolute Gasteiger partial charge is 0.232 e. The minimum absolute atomic E-state index is 0.0884. The quantitative estimate of drug-likeness (QED) is 0.684. The van der Waals surface area contributed by atoms with E-state index < -0.39 is 0 Å². The van der Waals surface area contributed by atoms with E-state index in [2.05, 4.69) is 0 Å². The summed E-state index contributed by atoms with van der Waals surface area (Å²) in [6, 6.07) is 11.6. The standard InChI is InChI=1S/C16H20N2O2/c1-12-16(19)14(11-17(2)3)10-15(18(12)20)9-13-7-5-4-6-8-13/h4-8,10,19H,9,11H2,1-3H3. The summed E-state index contributed by atoms with van der Waals surface area (Å²) < 4.78 is 0.821. The average molecular weight is 272 g/mol. The van der Waals surface area contributed by atoms with Crippen LogP contribution in [0.25, 0.3) is 0 Å². The van der Waals surface area contributed by atoms with Gasteiger partial charge < -0.3 is 15.2 Å². The summed E-state index contributed by atoms with van der Waals surface area (Å²) in [6.45, 7) is 2.26. The van der Waals surface area contributed by atoms with Crippen LogP contribution in [0.2, 0.25) is 0 Å². The summed E-state index contributed by atoms with van der Waals surface area (Å²) in [4.78, 5) is 1.97. The van der Waals surface area contributed by atoms with Crippen LogP contribution < -0.4 is 4.73 Å². The maximum absolute atomic E-state index is 12.2. The van der Waals surface area contributed by atoms with Gasteiger partial charge in [-0.2, -0.15) is 4.73 Å². The molecule has 4 nitrogen and oxygen atoms in total. The number of hydrogen-bond donors (Lipinski definition) is 1. The van der Waals surface area contributed by atoms with Crippen molar-refractivity contribution in [3.05, 3.63) is 64.1 Å². The second-order valence-corrected chi connectivity index (χ2v) is 5.29. The number of aromatic nitrogens is 1. The van der Waals surface area contributed by atoms with Gasteiger partial charge in [0.05, 0.1) is 6.42 Å². The zero-order valence-electron chi connectivity index (χ0n) is 12.1. The van der Waals surface area contributed by atoms with Gasteiger partial charge in [0.25, 0.3) is 0 Å². The molecular formula is C16H20N2O2. The molecule has 0 bridgehead atoms. The third-order valence-corrected chi connectivity index (χ3v) is 3.27. The van der Waals surface area contributed by atoms with Crippen LogP contribution >= 0.6 is 0 Å². The second kappa shape index (κ2) is 5.92. The first-order valence-electron chi connectivity index (χ1n) is 6.61. The van der Waals surface area contributed by atoms with Gasteiger partial charge in [0.15, 0.2) is 11.4 Å². The molecule has 0 fully saturated rings. The highest BCUT2D eigenvalue weighted by molar-refractivity contribution is 5.35. The molecule has 0 spiro atoms. The van der Waals surface area contributed by atoms with E-state index >= 15 is 0 Å². The van der Waals surface area contributed by atoms with Crippen molar-refractivity contribution >= 4 is 0 Å². The lowest BCUT2D eigenvalue weighted by atomic mass is 10.1. The minimum atomic E-state index is 0.0884. The molecule has 20 heavy (non-hydrogen) atoms. The molecule has 0 saturated heterocycles. The molecule has 0 amide bonds. The summed E-state index contributed by atoms with van der Waals surface area (Å²) in [5.74, 6) is 0.0884. The fraction of sp³-hybridized carbons (Fsp3) is 0.312. The van der Waals surface area contributed by atoms with Crippen LogP contribution in [-0.2, 0) is 13.0 Å². The molecule has 0 aliphatic rings. The maximum atomic E-state index is 12.2. The van der Waals surface area contributed by atoms with Crippen molar-refractivity contribution in [2.75, 3.05) is 14.1 Å². The topological polar surface area (TPSA) is 50.4 Å². The van der Waals surface area contributed by atoms with Gasteiger partial charge in [-0.25, -0.2) is 0 Å². The molecule has 0 aliphatic carbocycles. The van der Waals surface area contributed by atoms with Gasteiger partial charge in [0, 0.05) is 25.1 Å². The Kier molecular flexibility index (Phi) is 4.25. The molecule has 2 rings (SSSR count). The Morgan fingerprint density at radius 3 is 2.45 bits per heavy atom. The van der Waals surface area contributed by atoms with Crippen molar-refractivity contribution in [2.24, 2.45) is 0 Å². The summed E-state index contributed by atoms with van der Waals surface area (Å²) in [6.07, 6.45) is 0.561. The molecule has 106 valence electrons. The number of nitrogens with zero attached hydrogens (tertiary/aromatic N) is 2. The fourth-order valence-electron chi connectivity index (χ4n) is 2.26. The average Bonchev–Trinajstić information content (AvgIpc) is 2.42. The SMILES string of the molecule is Cc1c(O)c(CN(C)C)cc(Cc2ccccc2)[n+]1[O-]. The molecule has 1 N–H and O–H groups in total. The first-order valence-corrected chi connectivity index (χ1v) is 6.61. The predicted octanol–water partition coefficient (Wildman–Crippen LogP) is 1.99. The van der Waals surface area contributed by atoms with Crippen LogP contribution in [-0.4, -0.2) is 24.1 Å². The van der Waals surface area contributed by atoms with E-state index in [1.807, 2.05) is 49.3 Å². The summed E-state index contributed by atoms with van der Waals surface area (Å²) in [5, 5.41) is 22.2. The minimum Gasteiger partial charge on any atom is -0.618 e. The van der Waals surface area contributed by atoms with Crippen molar-refractivity contribution in [1.29, 1.82) is 0 Å². The van der Waals surface area contributed by atoms with Crippen molar-refractivity contribution < 1.29 is 9.84 Å². The molecule has 0 aliphatic heterocycles. The van der Waals surface area contributed by atoms with Crippen LogP contribution in [0, 0.1) is 12.1 Å². The van der Waals surface area contributed by atoms with Gasteiger partial charge >= 0.3 is 0 Å². The van der Waals surface area contributed by atoms with Crippen molar-refractivity contribution in [3.8, 4) is 5.75 Å². The summed E-state index contributed by atoms with van der Waals surface area (Å²) >= 11 is 0. The first-order chi connectivity index (χ1) is 9.49. The molecular weight excluding hydrogens is 252 g/mol. The van der Waals surface area contributed by atoms with Crippen LogP contribution in [0.3, 0.4) is 0 Å². The molecule has 1 heterocycles. The van der Waals surface area contributed by atoms with E-state index in [1.165, 1.54) is 0 Å². The molecule has 1 aromatic heterocycles. The highest BCUT2D eigenvalue weighted by Gasteiger charge is 2.18. The van der Waals surface area contributed by atoms with Crippen molar-refractivity contribution in [3.63, 3.8) is 0 Å². The van der Waals surface area contributed by atoms with Crippen molar-refractivity contribution in [1.82, 2.24) is 4.90 Å². The van der Waals surface area contributed by atoms with E-state index in [4.69, 9.17) is 0 Å². The Morgan fingerprint density at radius 1 is 1.20 bits per heavy atom. The Balaban J connectivity index is 2.40. The first kappa shape index (κ1) is 14.3. The van der Waals surface area contributed by atoms with E-state index in [0.29, 0.717) is 24.4 Å². The second-order valence-electron chi connectivity index (χ2n) is 5.29. The van der Waals surface area contributed by atoms with Crippen LogP contribution in [0.5, 0.6) is 5.75 Å². The molecule has 1 aromatic carbocycles. The fourth-order valence-corrected chi connectivity index (χ4v) is 2.26. The van der Waals surface area contributed by atoms with Crippen LogP contribution in [0.4, 0.5) is 0 Å². The van der Waals surface area contributed by atoms with Gasteiger partial charge in [-0.05, 0) is 19.7 Å². The monoisotopic (exact) mass is 272 g/mol. The molecule has 0 radical (unpaired) electrons. The van der Waals surface area contributed by atoms with Crippen molar-refractivity contribution in [2.45, 2.75) is 19.9 Å². The molecule has 0 unspecified atom stereocenters. The highest BCUT2D eigenvalue weighted by atomic mass is 16.5. The normalized spacial score (nSPS) is 11.0. The van der Waals surface area contributed by atoms with Crippen LogP contribution in [0.1, 0.15) is 22.5 Å². The van der Waals surface area contributed by atoms with E-state index in [0.717, 1.165) is 15.9 Å². The number of hydrogen-bond acceptors (Lipinski definition) is 3. The highest BCUT2D eigenvalue weighted by Crippen LogP contribution is 2.22. The van der Waals surface area contributed by atoms with E-state index in [1.54, 1.807) is 13.0 Å². The number of pyridine rings is 1. The van der Waals surface area contributed by atoms with E-state index in [9.17, 15) is 10.3 Å². The molecule has 0 saturated carbocycles. The van der Waals surface area contributed by atoms with Crippen LogP contribution in [0.15, 0.2) is 36.4 Å². The Labute approximate surface area is 119 Å². The Hall–Kier alpha value is -2.07. The van der Waals surface area contributed by atoms with E-state index in [-0.39, 0.29) is 5.75 Å². The lowest BCUT2D eigenvalue weighted by Crippen LogP contribution is -2.36. The maximum Gasteiger partial charge on any atom is 0.232 e.